The molecule has 1 aliphatic carbocycles. The minimum absolute atomic E-state index is 0.129. The van der Waals surface area contributed by atoms with Gasteiger partial charge in [-0.25, -0.2) is 8.42 Å². The van der Waals surface area contributed by atoms with Gasteiger partial charge in [0.25, 0.3) is 0 Å². The summed E-state index contributed by atoms with van der Waals surface area (Å²) in [6.45, 7) is 3.09. The predicted molar refractivity (Wildman–Crippen MR) is 76.1 cm³/mol. The SMILES string of the molecule is COc1ccc(Br)cc1S(=O)(=O)C1(C(C)(C)O)CC1. The molecule has 4 nitrogen and oxygen atoms in total. The third-order valence-corrected chi connectivity index (χ3v) is 7.08. The van der Waals surface area contributed by atoms with Crippen molar-refractivity contribution in [3.05, 3.63) is 22.7 Å². The Morgan fingerprint density at radius 2 is 1.95 bits per heavy atom. The Hall–Kier alpha value is -0.590. The van der Waals surface area contributed by atoms with Crippen LogP contribution in [-0.4, -0.2) is 31.0 Å². The van der Waals surface area contributed by atoms with Crippen molar-refractivity contribution in [1.29, 1.82) is 0 Å². The Morgan fingerprint density at radius 3 is 2.37 bits per heavy atom. The van der Waals surface area contributed by atoms with Crippen LogP contribution < -0.4 is 4.74 Å². The van der Waals surface area contributed by atoms with Crippen LogP contribution >= 0.6 is 15.9 Å². The summed E-state index contributed by atoms with van der Waals surface area (Å²) < 4.78 is 30.4. The highest BCUT2D eigenvalue weighted by atomic mass is 79.9. The number of benzene rings is 1. The maximum atomic E-state index is 12.8. The van der Waals surface area contributed by atoms with Crippen molar-refractivity contribution < 1.29 is 18.3 Å². The summed E-state index contributed by atoms with van der Waals surface area (Å²) in [6, 6.07) is 4.86. The molecule has 0 aliphatic heterocycles. The summed E-state index contributed by atoms with van der Waals surface area (Å²) in [5.74, 6) is 0.304. The first-order chi connectivity index (χ1) is 8.65. The first kappa shape index (κ1) is 14.8. The fraction of sp³-hybridized carbons (Fsp3) is 0.538. The van der Waals surface area contributed by atoms with E-state index in [-0.39, 0.29) is 4.90 Å². The van der Waals surface area contributed by atoms with Crippen LogP contribution in [0.5, 0.6) is 5.75 Å². The van der Waals surface area contributed by atoms with Crippen molar-refractivity contribution in [3.63, 3.8) is 0 Å². The van der Waals surface area contributed by atoms with Crippen LogP contribution in [0.25, 0.3) is 0 Å². The molecule has 0 saturated heterocycles. The predicted octanol–water partition coefficient (Wildman–Crippen LogP) is 2.53. The summed E-state index contributed by atoms with van der Waals surface area (Å²) in [7, 11) is -2.22. The van der Waals surface area contributed by atoms with Crippen LogP contribution in [0, 0.1) is 0 Å². The van der Waals surface area contributed by atoms with E-state index in [0.717, 1.165) is 0 Å². The average Bonchev–Trinajstić information content (AvgIpc) is 3.09. The van der Waals surface area contributed by atoms with Crippen LogP contribution in [-0.2, 0) is 9.84 Å². The minimum atomic E-state index is -3.66. The maximum Gasteiger partial charge on any atom is 0.190 e. The molecule has 1 N–H and O–H groups in total. The second-order valence-corrected chi connectivity index (χ2v) is 8.50. The number of methoxy groups -OCH3 is 1. The van der Waals surface area contributed by atoms with Gasteiger partial charge in [0.05, 0.1) is 12.7 Å². The highest BCUT2D eigenvalue weighted by Gasteiger charge is 2.64. The molecule has 6 heteroatoms. The second kappa shape index (κ2) is 4.46. The largest absolute Gasteiger partial charge is 0.495 e. The van der Waals surface area contributed by atoms with Crippen molar-refractivity contribution in [3.8, 4) is 5.75 Å². The molecule has 0 bridgehead atoms. The topological polar surface area (TPSA) is 63.6 Å². The zero-order valence-corrected chi connectivity index (χ0v) is 13.5. The molecule has 0 heterocycles. The van der Waals surface area contributed by atoms with Gasteiger partial charge in [0, 0.05) is 4.47 Å². The smallest absolute Gasteiger partial charge is 0.190 e. The Balaban J connectivity index is 2.62. The van der Waals surface area contributed by atoms with Gasteiger partial charge >= 0.3 is 0 Å². The molecule has 0 amide bonds. The number of sulfone groups is 1. The van der Waals surface area contributed by atoms with E-state index < -0.39 is 20.2 Å². The van der Waals surface area contributed by atoms with Gasteiger partial charge in [0.1, 0.15) is 15.4 Å². The number of hydrogen-bond acceptors (Lipinski definition) is 4. The lowest BCUT2D eigenvalue weighted by Crippen LogP contribution is -2.44. The lowest BCUT2D eigenvalue weighted by molar-refractivity contribution is 0.0667. The molecule has 1 fully saturated rings. The van der Waals surface area contributed by atoms with Gasteiger partial charge in [-0.3, -0.25) is 0 Å². The lowest BCUT2D eigenvalue weighted by atomic mass is 10.0. The van der Waals surface area contributed by atoms with Crippen molar-refractivity contribution in [2.45, 2.75) is 41.9 Å². The van der Waals surface area contributed by atoms with Gasteiger partial charge in [0.15, 0.2) is 9.84 Å². The molecule has 2 rings (SSSR count). The summed E-state index contributed by atoms with van der Waals surface area (Å²) in [5, 5.41) is 10.2. The summed E-state index contributed by atoms with van der Waals surface area (Å²) in [6.07, 6.45) is 0.934. The van der Waals surface area contributed by atoms with Crippen molar-refractivity contribution in [2.75, 3.05) is 7.11 Å². The Morgan fingerprint density at radius 1 is 1.37 bits per heavy atom. The van der Waals surface area contributed by atoms with Crippen LogP contribution in [0.2, 0.25) is 0 Å². The maximum absolute atomic E-state index is 12.8. The molecule has 1 aliphatic rings. The molecule has 0 radical (unpaired) electrons. The van der Waals surface area contributed by atoms with Gasteiger partial charge in [-0.2, -0.15) is 0 Å². The van der Waals surface area contributed by atoms with Crippen LogP contribution in [0.1, 0.15) is 26.7 Å². The van der Waals surface area contributed by atoms with Gasteiger partial charge < -0.3 is 9.84 Å². The lowest BCUT2D eigenvalue weighted by Gasteiger charge is -2.29. The Kier molecular flexibility index (Phi) is 3.48. The van der Waals surface area contributed by atoms with Crippen LogP contribution in [0.4, 0.5) is 0 Å². The second-order valence-electron chi connectivity index (χ2n) is 5.35. The Bertz CT molecular complexity index is 598. The first-order valence-corrected chi connectivity index (χ1v) is 8.24. The molecule has 1 saturated carbocycles. The number of aliphatic hydroxyl groups is 1. The molecule has 1 aromatic rings. The number of rotatable bonds is 4. The number of halogens is 1. The van der Waals surface area contributed by atoms with E-state index in [2.05, 4.69) is 15.9 Å². The third-order valence-electron chi connectivity index (χ3n) is 3.75. The van der Waals surface area contributed by atoms with Gasteiger partial charge in [0.2, 0.25) is 0 Å². The number of hydrogen-bond donors (Lipinski definition) is 1. The van der Waals surface area contributed by atoms with E-state index in [1.807, 2.05) is 0 Å². The van der Waals surface area contributed by atoms with Crippen LogP contribution in [0.3, 0.4) is 0 Å². The van der Waals surface area contributed by atoms with Crippen molar-refractivity contribution >= 4 is 25.8 Å². The molecular weight excluding hydrogens is 332 g/mol. The molecule has 0 aromatic heterocycles. The third kappa shape index (κ3) is 2.19. The highest BCUT2D eigenvalue weighted by molar-refractivity contribution is 9.10. The normalized spacial score (nSPS) is 18.2. The summed E-state index contributed by atoms with van der Waals surface area (Å²) in [4.78, 5) is 0.129. The monoisotopic (exact) mass is 348 g/mol. The van der Waals surface area contributed by atoms with Gasteiger partial charge in [-0.05, 0) is 44.9 Å². The van der Waals surface area contributed by atoms with Crippen LogP contribution in [0.15, 0.2) is 27.6 Å². The quantitative estimate of drug-likeness (QED) is 0.907. The fourth-order valence-corrected chi connectivity index (χ4v) is 5.32. The van der Waals surface area contributed by atoms with Crippen molar-refractivity contribution in [2.24, 2.45) is 0 Å². The standard InChI is InChI=1S/C13H17BrO4S/c1-12(2,15)13(6-7-13)19(16,17)11-8-9(14)4-5-10(11)18-3/h4-5,8,15H,6-7H2,1-3H3. The molecule has 106 valence electrons. The van der Waals surface area contributed by atoms with Gasteiger partial charge in [-0.15, -0.1) is 0 Å². The fourth-order valence-electron chi connectivity index (χ4n) is 2.39. The molecule has 1 aromatic carbocycles. The van der Waals surface area contributed by atoms with E-state index in [4.69, 9.17) is 4.74 Å². The molecular formula is C13H17BrO4S. The summed E-state index contributed by atoms with van der Waals surface area (Å²) >= 11 is 3.27. The molecule has 0 unspecified atom stereocenters. The van der Waals surface area contributed by atoms with Gasteiger partial charge in [-0.1, -0.05) is 15.9 Å². The van der Waals surface area contributed by atoms with E-state index in [1.165, 1.54) is 13.2 Å². The minimum Gasteiger partial charge on any atom is -0.495 e. The average molecular weight is 349 g/mol. The number of ether oxygens (including phenoxy) is 1. The van der Waals surface area contributed by atoms with E-state index in [1.54, 1.807) is 26.0 Å². The zero-order chi connectivity index (χ0) is 14.5. The van der Waals surface area contributed by atoms with E-state index in [0.29, 0.717) is 23.1 Å². The summed E-state index contributed by atoms with van der Waals surface area (Å²) in [5.41, 5.74) is -1.28. The Labute approximate surface area is 121 Å². The zero-order valence-electron chi connectivity index (χ0n) is 11.1. The molecule has 0 atom stereocenters. The molecule has 0 spiro atoms. The van der Waals surface area contributed by atoms with Crippen molar-refractivity contribution in [1.82, 2.24) is 0 Å². The van der Waals surface area contributed by atoms with E-state index in [9.17, 15) is 13.5 Å². The molecule has 19 heavy (non-hydrogen) atoms. The van der Waals surface area contributed by atoms with E-state index >= 15 is 0 Å². The highest BCUT2D eigenvalue weighted by Crippen LogP contribution is 2.55. The first-order valence-electron chi connectivity index (χ1n) is 5.96.